The lowest BCUT2D eigenvalue weighted by Crippen LogP contribution is -2.33. The first-order chi connectivity index (χ1) is 8.69. The Morgan fingerprint density at radius 3 is 3.06 bits per heavy atom. The van der Waals surface area contributed by atoms with E-state index < -0.39 is 0 Å². The maximum absolute atomic E-state index is 5.40. The lowest BCUT2D eigenvalue weighted by molar-refractivity contribution is 0.275. The van der Waals surface area contributed by atoms with Gasteiger partial charge >= 0.3 is 0 Å². The second kappa shape index (κ2) is 4.17. The minimum atomic E-state index is -0.187. The number of hydrogen-bond acceptors (Lipinski definition) is 5. The molecule has 0 bridgehead atoms. The monoisotopic (exact) mass is 244 g/mol. The van der Waals surface area contributed by atoms with Crippen LogP contribution in [0.25, 0.3) is 11.5 Å². The Hall–Kier alpha value is -1.75. The van der Waals surface area contributed by atoms with E-state index in [-0.39, 0.29) is 5.54 Å². The third-order valence-electron chi connectivity index (χ3n) is 3.49. The number of pyridine rings is 1. The molecule has 0 aliphatic carbocycles. The molecule has 3 rings (SSSR count). The molecule has 1 atom stereocenters. The molecule has 94 valence electrons. The van der Waals surface area contributed by atoms with Crippen molar-refractivity contribution in [3.63, 3.8) is 0 Å². The predicted octanol–water partition coefficient (Wildman–Crippen LogP) is 2.04. The molecule has 2 aromatic heterocycles. The lowest BCUT2D eigenvalue weighted by atomic mass is 10.0. The summed E-state index contributed by atoms with van der Waals surface area (Å²) < 4.78 is 5.40. The molecular weight excluding hydrogens is 228 g/mol. The second-order valence-electron chi connectivity index (χ2n) is 4.95. The summed E-state index contributed by atoms with van der Waals surface area (Å²) in [7, 11) is 0. The van der Waals surface area contributed by atoms with Crippen molar-refractivity contribution < 1.29 is 4.52 Å². The summed E-state index contributed by atoms with van der Waals surface area (Å²) in [4.78, 5) is 8.80. The quantitative estimate of drug-likeness (QED) is 0.875. The van der Waals surface area contributed by atoms with Gasteiger partial charge in [0.15, 0.2) is 0 Å². The van der Waals surface area contributed by atoms with Crippen molar-refractivity contribution in [3.05, 3.63) is 29.8 Å². The van der Waals surface area contributed by atoms with Crippen LogP contribution >= 0.6 is 0 Å². The summed E-state index contributed by atoms with van der Waals surface area (Å²) >= 11 is 0. The molecule has 1 unspecified atom stereocenters. The van der Waals surface area contributed by atoms with E-state index in [1.54, 1.807) is 6.20 Å². The van der Waals surface area contributed by atoms with Crippen molar-refractivity contribution in [1.29, 1.82) is 0 Å². The van der Waals surface area contributed by atoms with E-state index in [2.05, 4.69) is 27.4 Å². The third kappa shape index (κ3) is 1.80. The van der Waals surface area contributed by atoms with E-state index >= 15 is 0 Å². The molecule has 1 fully saturated rings. The molecule has 1 aliphatic heterocycles. The van der Waals surface area contributed by atoms with Gasteiger partial charge < -0.3 is 9.84 Å². The molecule has 18 heavy (non-hydrogen) atoms. The Morgan fingerprint density at radius 2 is 2.33 bits per heavy atom. The maximum Gasteiger partial charge on any atom is 0.247 e. The summed E-state index contributed by atoms with van der Waals surface area (Å²) in [6, 6.07) is 3.90. The fraction of sp³-hybridized carbons (Fsp3) is 0.462. The molecule has 1 saturated heterocycles. The smallest absolute Gasteiger partial charge is 0.247 e. The minimum Gasteiger partial charge on any atom is -0.337 e. The SMILES string of the molecule is Cc1cccnc1-c1noc(C2(C)CCCN2)n1. The summed E-state index contributed by atoms with van der Waals surface area (Å²) in [6.45, 7) is 5.09. The Morgan fingerprint density at radius 1 is 1.44 bits per heavy atom. The van der Waals surface area contributed by atoms with Crippen LogP contribution in [0.2, 0.25) is 0 Å². The molecule has 0 aromatic carbocycles. The topological polar surface area (TPSA) is 63.8 Å². The van der Waals surface area contributed by atoms with E-state index in [0.717, 1.165) is 30.6 Å². The predicted molar refractivity (Wildman–Crippen MR) is 66.9 cm³/mol. The Labute approximate surface area is 106 Å². The van der Waals surface area contributed by atoms with E-state index in [9.17, 15) is 0 Å². The molecule has 3 heterocycles. The van der Waals surface area contributed by atoms with Crippen LogP contribution in [0.1, 0.15) is 31.2 Å². The molecule has 0 amide bonds. The number of hydrogen-bond donors (Lipinski definition) is 1. The molecule has 0 spiro atoms. The fourth-order valence-corrected chi connectivity index (χ4v) is 2.34. The Kier molecular flexibility index (Phi) is 2.63. The van der Waals surface area contributed by atoms with Crippen molar-refractivity contribution in [2.45, 2.75) is 32.2 Å². The zero-order chi connectivity index (χ0) is 12.6. The van der Waals surface area contributed by atoms with Gasteiger partial charge in [-0.1, -0.05) is 11.2 Å². The minimum absolute atomic E-state index is 0.187. The zero-order valence-corrected chi connectivity index (χ0v) is 10.6. The maximum atomic E-state index is 5.40. The van der Waals surface area contributed by atoms with E-state index in [1.807, 2.05) is 19.1 Å². The van der Waals surface area contributed by atoms with Gasteiger partial charge in [-0.15, -0.1) is 0 Å². The van der Waals surface area contributed by atoms with Crippen LogP contribution in [-0.2, 0) is 5.54 Å². The summed E-state index contributed by atoms with van der Waals surface area (Å²) in [5, 5.41) is 7.46. The van der Waals surface area contributed by atoms with E-state index in [0.29, 0.717) is 11.7 Å². The summed E-state index contributed by atoms with van der Waals surface area (Å²) in [5.41, 5.74) is 1.65. The molecule has 1 aliphatic rings. The van der Waals surface area contributed by atoms with Crippen LogP contribution < -0.4 is 5.32 Å². The van der Waals surface area contributed by atoms with Crippen molar-refractivity contribution in [3.8, 4) is 11.5 Å². The number of nitrogens with one attached hydrogen (secondary N) is 1. The lowest BCUT2D eigenvalue weighted by Gasteiger charge is -2.18. The van der Waals surface area contributed by atoms with E-state index in [1.165, 1.54) is 0 Å². The van der Waals surface area contributed by atoms with Crippen LogP contribution in [-0.4, -0.2) is 21.7 Å². The zero-order valence-electron chi connectivity index (χ0n) is 10.6. The molecule has 0 saturated carbocycles. The largest absolute Gasteiger partial charge is 0.337 e. The third-order valence-corrected chi connectivity index (χ3v) is 3.49. The molecular formula is C13H16N4O. The molecule has 1 N–H and O–H groups in total. The molecule has 5 nitrogen and oxygen atoms in total. The van der Waals surface area contributed by atoms with Gasteiger partial charge in [-0.05, 0) is 44.9 Å². The van der Waals surface area contributed by atoms with Gasteiger partial charge in [0.25, 0.3) is 0 Å². The van der Waals surface area contributed by atoms with Gasteiger partial charge in [0.05, 0.1) is 5.54 Å². The molecule has 0 radical (unpaired) electrons. The van der Waals surface area contributed by atoms with E-state index in [4.69, 9.17) is 4.52 Å². The van der Waals surface area contributed by atoms with Gasteiger partial charge in [0.2, 0.25) is 11.7 Å². The van der Waals surface area contributed by atoms with Crippen LogP contribution in [0, 0.1) is 6.92 Å². The van der Waals surface area contributed by atoms with Gasteiger partial charge in [-0.25, -0.2) is 0 Å². The van der Waals surface area contributed by atoms with Crippen molar-refractivity contribution in [1.82, 2.24) is 20.4 Å². The first-order valence-electron chi connectivity index (χ1n) is 6.20. The summed E-state index contributed by atoms with van der Waals surface area (Å²) in [6.07, 6.45) is 3.90. The molecule has 5 heteroatoms. The second-order valence-corrected chi connectivity index (χ2v) is 4.95. The average Bonchev–Trinajstić information content (AvgIpc) is 2.99. The van der Waals surface area contributed by atoms with Crippen LogP contribution in [0.5, 0.6) is 0 Å². The standard InChI is InChI=1S/C13H16N4O/c1-9-5-3-7-14-10(9)11-16-12(18-17-11)13(2)6-4-8-15-13/h3,5,7,15H,4,6,8H2,1-2H3. The van der Waals surface area contributed by atoms with Gasteiger partial charge in [0, 0.05) is 6.20 Å². The van der Waals surface area contributed by atoms with Crippen molar-refractivity contribution in [2.24, 2.45) is 0 Å². The Bertz CT molecular complexity index is 558. The summed E-state index contributed by atoms with van der Waals surface area (Å²) in [5.74, 6) is 1.22. The Balaban J connectivity index is 1.97. The fourth-order valence-electron chi connectivity index (χ4n) is 2.34. The van der Waals surface area contributed by atoms with Crippen molar-refractivity contribution in [2.75, 3.05) is 6.54 Å². The van der Waals surface area contributed by atoms with Crippen LogP contribution in [0.15, 0.2) is 22.9 Å². The van der Waals surface area contributed by atoms with Crippen molar-refractivity contribution >= 4 is 0 Å². The average molecular weight is 244 g/mol. The van der Waals surface area contributed by atoms with Gasteiger partial charge in [0.1, 0.15) is 5.69 Å². The van der Waals surface area contributed by atoms with Gasteiger partial charge in [-0.3, -0.25) is 4.98 Å². The highest BCUT2D eigenvalue weighted by atomic mass is 16.5. The van der Waals surface area contributed by atoms with Gasteiger partial charge in [-0.2, -0.15) is 4.98 Å². The number of rotatable bonds is 2. The first-order valence-corrected chi connectivity index (χ1v) is 6.20. The highest BCUT2D eigenvalue weighted by molar-refractivity contribution is 5.53. The normalized spacial score (nSPS) is 23.4. The highest BCUT2D eigenvalue weighted by Gasteiger charge is 2.35. The number of nitrogens with zero attached hydrogens (tertiary/aromatic N) is 3. The van der Waals surface area contributed by atoms with Crippen LogP contribution in [0.3, 0.4) is 0 Å². The van der Waals surface area contributed by atoms with Crippen LogP contribution in [0.4, 0.5) is 0 Å². The number of aromatic nitrogens is 3. The first kappa shape index (κ1) is 11.3. The highest BCUT2D eigenvalue weighted by Crippen LogP contribution is 2.30. The number of aryl methyl sites for hydroxylation is 1. The molecule has 2 aromatic rings.